The number of fused-ring (bicyclic) bond motifs is 11. The van der Waals surface area contributed by atoms with Crippen molar-refractivity contribution in [1.82, 2.24) is 9.13 Å². The van der Waals surface area contributed by atoms with Crippen LogP contribution >= 0.6 is 0 Å². The molecule has 3 heteroatoms. The van der Waals surface area contributed by atoms with E-state index in [1.54, 1.807) is 0 Å². The molecule has 1 aliphatic carbocycles. The Morgan fingerprint density at radius 3 is 2.18 bits per heavy atom. The maximum Gasteiger partial charge on any atom is 0.159 e. The van der Waals surface area contributed by atoms with Crippen LogP contribution in [0.25, 0.3) is 93.9 Å². The van der Waals surface area contributed by atoms with Gasteiger partial charge < -0.3 is 13.6 Å². The first-order valence-corrected chi connectivity index (χ1v) is 16.9. The van der Waals surface area contributed by atoms with E-state index in [1.807, 2.05) is 12.1 Å². The molecule has 7 aromatic carbocycles. The molecule has 228 valence electrons. The molecule has 0 N–H and O–H groups in total. The quantitative estimate of drug-likeness (QED) is 0.192. The Kier molecular flexibility index (Phi) is 5.42. The van der Waals surface area contributed by atoms with Gasteiger partial charge in [0.05, 0.1) is 33.4 Å². The van der Waals surface area contributed by atoms with Crippen LogP contribution in [0.15, 0.2) is 144 Å². The zero-order valence-corrected chi connectivity index (χ0v) is 26.6. The molecule has 49 heavy (non-hydrogen) atoms. The van der Waals surface area contributed by atoms with Crippen molar-refractivity contribution in [3.8, 4) is 22.5 Å². The average molecular weight is 625 g/mol. The maximum absolute atomic E-state index is 6.65. The Bertz CT molecular complexity index is 2990. The Balaban J connectivity index is 1.29. The summed E-state index contributed by atoms with van der Waals surface area (Å²) in [4.78, 5) is 0. The van der Waals surface area contributed by atoms with Gasteiger partial charge in [-0.2, -0.15) is 0 Å². The number of allylic oxidation sites excluding steroid dienone is 1. The minimum atomic E-state index is 0.944. The maximum atomic E-state index is 6.65. The highest BCUT2D eigenvalue weighted by molar-refractivity contribution is 6.27. The first kappa shape index (κ1) is 26.6. The number of aryl methyl sites for hydroxylation is 1. The van der Waals surface area contributed by atoms with E-state index >= 15 is 0 Å². The third-order valence-electron chi connectivity index (χ3n) is 10.5. The summed E-state index contributed by atoms with van der Waals surface area (Å²) in [5.41, 5.74) is 11.5. The number of rotatable bonds is 3. The third-order valence-corrected chi connectivity index (χ3v) is 10.5. The second kappa shape index (κ2) is 10.0. The van der Waals surface area contributed by atoms with Crippen LogP contribution < -0.4 is 0 Å². The van der Waals surface area contributed by atoms with E-state index in [9.17, 15) is 0 Å². The molecule has 0 saturated carbocycles. The summed E-state index contributed by atoms with van der Waals surface area (Å²) in [5.74, 6) is 0.985. The standard InChI is InChI=1S/C46H28N2O/c1-2-13-29(14-3-1)30-25-27-40(32-16-5-4-15-31(30)32)48-38-21-9-6-17-33(38)35-26-28-41-44(45(35)48)37-19-7-10-22-39(37)47(41)42-23-12-20-36-34-18-8-11-24-43(34)49-46(36)42/h2,4-7,9-17,19-28H,8,18H2. The second-order valence-electron chi connectivity index (χ2n) is 13.0. The number of hydrogen-bond acceptors (Lipinski definition) is 1. The molecule has 0 aliphatic heterocycles. The summed E-state index contributed by atoms with van der Waals surface area (Å²) in [6.45, 7) is 0. The van der Waals surface area contributed by atoms with E-state index in [1.165, 1.54) is 59.9 Å². The molecule has 0 saturated heterocycles. The van der Waals surface area contributed by atoms with Gasteiger partial charge in [0.2, 0.25) is 0 Å². The average Bonchev–Trinajstić information content (AvgIpc) is 3.82. The summed E-state index contributed by atoms with van der Waals surface area (Å²) in [6.07, 6.45) is 6.40. The Morgan fingerprint density at radius 2 is 1.33 bits per heavy atom. The highest BCUT2D eigenvalue weighted by atomic mass is 16.3. The monoisotopic (exact) mass is 624 g/mol. The van der Waals surface area contributed by atoms with Gasteiger partial charge in [0, 0.05) is 37.9 Å². The normalized spacial score (nSPS) is 12.9. The predicted molar refractivity (Wildman–Crippen MR) is 203 cm³/mol. The molecular formula is C46H28N2O. The van der Waals surface area contributed by atoms with Gasteiger partial charge in [-0.15, -0.1) is 0 Å². The summed E-state index contributed by atoms with van der Waals surface area (Å²) in [5, 5.41) is 8.56. The van der Waals surface area contributed by atoms with Gasteiger partial charge in [0.25, 0.3) is 0 Å². The van der Waals surface area contributed by atoms with Gasteiger partial charge in [-0.3, -0.25) is 0 Å². The number of furan rings is 1. The van der Waals surface area contributed by atoms with Gasteiger partial charge in [-0.1, -0.05) is 103 Å². The van der Waals surface area contributed by atoms with Gasteiger partial charge in [0.15, 0.2) is 5.58 Å². The molecule has 0 fully saturated rings. The van der Waals surface area contributed by atoms with Crippen LogP contribution in [-0.4, -0.2) is 9.13 Å². The number of aromatic nitrogens is 2. The summed E-state index contributed by atoms with van der Waals surface area (Å²) in [7, 11) is 0. The molecule has 0 unspecified atom stereocenters. The predicted octanol–water partition coefficient (Wildman–Crippen LogP) is 12.0. The van der Waals surface area contributed by atoms with Crippen molar-refractivity contribution in [3.05, 3.63) is 163 Å². The Morgan fingerprint density at radius 1 is 0.551 bits per heavy atom. The van der Waals surface area contributed by atoms with E-state index in [2.05, 4.69) is 155 Å². The minimum absolute atomic E-state index is 0.944. The van der Waals surface area contributed by atoms with Crippen molar-refractivity contribution >= 4 is 71.4 Å². The summed E-state index contributed by atoms with van der Waals surface area (Å²) < 4.78 is 11.6. The molecule has 3 aromatic heterocycles. The van der Waals surface area contributed by atoms with Gasteiger partial charge >= 0.3 is 0 Å². The molecule has 3 heterocycles. The van der Waals surface area contributed by atoms with Crippen molar-refractivity contribution in [3.63, 3.8) is 0 Å². The van der Waals surface area contributed by atoms with Crippen molar-refractivity contribution in [2.75, 3.05) is 0 Å². The van der Waals surface area contributed by atoms with Crippen LogP contribution in [0.3, 0.4) is 0 Å². The molecule has 0 bridgehead atoms. The second-order valence-corrected chi connectivity index (χ2v) is 13.0. The number of benzene rings is 6. The zero-order chi connectivity index (χ0) is 32.1. The zero-order valence-electron chi connectivity index (χ0n) is 26.6. The fourth-order valence-electron chi connectivity index (χ4n) is 8.42. The van der Waals surface area contributed by atoms with Crippen molar-refractivity contribution in [1.29, 1.82) is 0 Å². The Labute approximate surface area is 282 Å². The molecule has 10 aromatic rings. The fourth-order valence-corrected chi connectivity index (χ4v) is 8.42. The molecule has 3 nitrogen and oxygen atoms in total. The van der Waals surface area contributed by atoms with Crippen molar-refractivity contribution in [2.24, 2.45) is 0 Å². The lowest BCUT2D eigenvalue weighted by atomic mass is 9.97. The third kappa shape index (κ3) is 3.63. The largest absolute Gasteiger partial charge is 0.454 e. The lowest BCUT2D eigenvalue weighted by Gasteiger charge is -2.15. The summed E-state index contributed by atoms with van der Waals surface area (Å²) in [6, 6.07) is 54.5. The van der Waals surface area contributed by atoms with Gasteiger partial charge in [-0.25, -0.2) is 0 Å². The van der Waals surface area contributed by atoms with Crippen molar-refractivity contribution in [2.45, 2.75) is 12.8 Å². The highest BCUT2D eigenvalue weighted by Crippen LogP contribution is 2.45. The first-order chi connectivity index (χ1) is 24.3. The highest BCUT2D eigenvalue weighted by Gasteiger charge is 2.24. The van der Waals surface area contributed by atoms with E-state index in [0.717, 1.165) is 52.2 Å². The van der Waals surface area contributed by atoms with E-state index in [4.69, 9.17) is 4.42 Å². The number of nitrogens with zero attached hydrogens (tertiary/aromatic N) is 2. The van der Waals surface area contributed by atoms with Gasteiger partial charge in [-0.05, 0) is 84.0 Å². The lowest BCUT2D eigenvalue weighted by molar-refractivity contribution is 0.594. The van der Waals surface area contributed by atoms with Crippen LogP contribution in [-0.2, 0) is 6.42 Å². The molecule has 0 radical (unpaired) electrons. The summed E-state index contributed by atoms with van der Waals surface area (Å²) >= 11 is 0. The number of para-hydroxylation sites is 3. The minimum Gasteiger partial charge on any atom is -0.454 e. The van der Waals surface area contributed by atoms with E-state index in [0.29, 0.717) is 0 Å². The van der Waals surface area contributed by atoms with Crippen LogP contribution in [0, 0.1) is 12.1 Å². The lowest BCUT2D eigenvalue weighted by Crippen LogP contribution is -1.97. The first-order valence-electron chi connectivity index (χ1n) is 16.9. The van der Waals surface area contributed by atoms with Crippen LogP contribution in [0.4, 0.5) is 0 Å². The van der Waals surface area contributed by atoms with Crippen LogP contribution in [0.1, 0.15) is 17.7 Å². The molecule has 1 aliphatic rings. The smallest absolute Gasteiger partial charge is 0.159 e. The molecule has 11 rings (SSSR count). The van der Waals surface area contributed by atoms with E-state index in [-0.39, 0.29) is 0 Å². The van der Waals surface area contributed by atoms with Crippen LogP contribution in [0.5, 0.6) is 0 Å². The molecule has 0 amide bonds. The number of hydrogen-bond donors (Lipinski definition) is 0. The van der Waals surface area contributed by atoms with Crippen molar-refractivity contribution < 1.29 is 4.42 Å². The fraction of sp³-hybridized carbons (Fsp3) is 0.0435. The topological polar surface area (TPSA) is 23.0 Å². The van der Waals surface area contributed by atoms with Crippen LogP contribution in [0.2, 0.25) is 0 Å². The Hall–Kier alpha value is -6.50. The van der Waals surface area contributed by atoms with Gasteiger partial charge in [0.1, 0.15) is 5.76 Å². The van der Waals surface area contributed by atoms with E-state index < -0.39 is 0 Å². The molecular weight excluding hydrogens is 597 g/mol. The SMILES string of the molecule is c1ccc(-c2ccc(-n3c4ccccc4c4ccc5c(c6ccccc6n5-c5cccc6c7c(oc56)C=CCC7)c43)c3ccccc23)cc#1. The molecule has 0 spiro atoms. The molecule has 0 atom stereocenters.